The molecule has 108 valence electrons. The van der Waals surface area contributed by atoms with Crippen molar-refractivity contribution in [1.82, 2.24) is 4.90 Å². The first kappa shape index (κ1) is 16.7. The average molecular weight is 311 g/mol. The van der Waals surface area contributed by atoms with Gasteiger partial charge in [-0.1, -0.05) is 33.7 Å². The van der Waals surface area contributed by atoms with Gasteiger partial charge in [-0.3, -0.25) is 0 Å². The van der Waals surface area contributed by atoms with Gasteiger partial charge in [-0.2, -0.15) is 13.2 Å². The molecule has 1 atom stereocenters. The second-order valence-corrected chi connectivity index (χ2v) is 6.71. The van der Waals surface area contributed by atoms with Gasteiger partial charge in [0.1, 0.15) is 0 Å². The summed E-state index contributed by atoms with van der Waals surface area (Å²) in [6.07, 6.45) is -7.03. The standard InChI is InChI=1S/C12H16F3NOS2/c1-16(2)7-8-18-19-10-5-3-9(4-6-10)11(17)12(13,14)15/h3-6,11,17H,7-8H2,1-2H3. The summed E-state index contributed by atoms with van der Waals surface area (Å²) in [5.74, 6) is 0.935. The lowest BCUT2D eigenvalue weighted by atomic mass is 10.1. The lowest BCUT2D eigenvalue weighted by molar-refractivity contribution is -0.206. The quantitative estimate of drug-likeness (QED) is 0.641. The predicted octanol–water partition coefficient (Wildman–Crippen LogP) is 3.58. The fourth-order valence-electron chi connectivity index (χ4n) is 1.22. The fraction of sp³-hybridized carbons (Fsp3) is 0.500. The van der Waals surface area contributed by atoms with E-state index in [-0.39, 0.29) is 5.56 Å². The zero-order valence-electron chi connectivity index (χ0n) is 10.6. The van der Waals surface area contributed by atoms with E-state index in [4.69, 9.17) is 5.11 Å². The van der Waals surface area contributed by atoms with Crippen LogP contribution in [0.1, 0.15) is 11.7 Å². The molecule has 0 aliphatic heterocycles. The van der Waals surface area contributed by atoms with Crippen molar-refractivity contribution in [2.24, 2.45) is 0 Å². The van der Waals surface area contributed by atoms with Gasteiger partial charge in [0.2, 0.25) is 0 Å². The molecule has 19 heavy (non-hydrogen) atoms. The maximum absolute atomic E-state index is 12.3. The first-order valence-corrected chi connectivity index (χ1v) is 7.91. The highest BCUT2D eigenvalue weighted by Gasteiger charge is 2.39. The Morgan fingerprint density at radius 2 is 1.79 bits per heavy atom. The topological polar surface area (TPSA) is 23.5 Å². The van der Waals surface area contributed by atoms with Crippen LogP contribution in [0, 0.1) is 0 Å². The molecule has 1 aromatic rings. The SMILES string of the molecule is CN(C)CCSSc1ccc(C(O)C(F)(F)F)cc1. The van der Waals surface area contributed by atoms with Gasteiger partial charge in [-0.15, -0.1) is 0 Å². The minimum absolute atomic E-state index is 0.129. The second kappa shape index (κ2) is 7.42. The summed E-state index contributed by atoms with van der Waals surface area (Å²) in [4.78, 5) is 2.94. The molecule has 2 nitrogen and oxygen atoms in total. The van der Waals surface area contributed by atoms with Crippen LogP contribution < -0.4 is 0 Å². The third-order valence-electron chi connectivity index (χ3n) is 2.28. The Kier molecular flexibility index (Phi) is 6.52. The van der Waals surface area contributed by atoms with Gasteiger partial charge in [0.25, 0.3) is 0 Å². The minimum Gasteiger partial charge on any atom is -0.379 e. The number of alkyl halides is 3. The van der Waals surface area contributed by atoms with E-state index >= 15 is 0 Å². The molecule has 0 saturated heterocycles. The number of halogens is 3. The summed E-state index contributed by atoms with van der Waals surface area (Å²) in [5.41, 5.74) is -0.129. The molecule has 1 rings (SSSR count). The Balaban J connectivity index is 2.48. The molecule has 0 radical (unpaired) electrons. The van der Waals surface area contributed by atoms with Crippen LogP contribution in [0.15, 0.2) is 29.2 Å². The smallest absolute Gasteiger partial charge is 0.379 e. The van der Waals surface area contributed by atoms with E-state index in [0.717, 1.165) is 17.2 Å². The first-order chi connectivity index (χ1) is 8.80. The van der Waals surface area contributed by atoms with Crippen molar-refractivity contribution < 1.29 is 18.3 Å². The van der Waals surface area contributed by atoms with Crippen LogP contribution in [0.2, 0.25) is 0 Å². The van der Waals surface area contributed by atoms with E-state index in [1.54, 1.807) is 22.9 Å². The highest BCUT2D eigenvalue weighted by molar-refractivity contribution is 8.76. The summed E-state index contributed by atoms with van der Waals surface area (Å²) in [7, 11) is 7.13. The normalized spacial score (nSPS) is 13.8. The van der Waals surface area contributed by atoms with E-state index in [0.29, 0.717) is 0 Å². The van der Waals surface area contributed by atoms with Crippen molar-refractivity contribution in [2.75, 3.05) is 26.4 Å². The second-order valence-electron chi connectivity index (χ2n) is 4.22. The Morgan fingerprint density at radius 1 is 1.21 bits per heavy atom. The molecule has 1 unspecified atom stereocenters. The third kappa shape index (κ3) is 6.07. The summed E-state index contributed by atoms with van der Waals surface area (Å²) < 4.78 is 36.9. The van der Waals surface area contributed by atoms with Gasteiger partial charge in [0, 0.05) is 17.2 Å². The van der Waals surface area contributed by atoms with Gasteiger partial charge in [0.15, 0.2) is 6.10 Å². The van der Waals surface area contributed by atoms with Crippen LogP contribution in [-0.4, -0.2) is 42.6 Å². The highest BCUT2D eigenvalue weighted by atomic mass is 33.1. The lowest BCUT2D eigenvalue weighted by Crippen LogP contribution is -2.19. The average Bonchev–Trinajstić information content (AvgIpc) is 2.33. The molecule has 1 aromatic carbocycles. The van der Waals surface area contributed by atoms with E-state index in [1.165, 1.54) is 22.9 Å². The summed E-state index contributed by atoms with van der Waals surface area (Å²) in [6.45, 7) is 0.947. The molecule has 0 fully saturated rings. The van der Waals surface area contributed by atoms with Gasteiger partial charge >= 0.3 is 6.18 Å². The molecule has 7 heteroatoms. The Labute approximate surface area is 118 Å². The molecule has 0 spiro atoms. The van der Waals surface area contributed by atoms with E-state index in [2.05, 4.69) is 4.90 Å². The maximum atomic E-state index is 12.3. The lowest BCUT2D eigenvalue weighted by Gasteiger charge is -2.14. The van der Waals surface area contributed by atoms with Crippen LogP contribution >= 0.6 is 21.6 Å². The molecular formula is C12H16F3NOS2. The maximum Gasteiger partial charge on any atom is 0.418 e. The Morgan fingerprint density at radius 3 is 2.26 bits per heavy atom. The molecule has 0 heterocycles. The van der Waals surface area contributed by atoms with Crippen molar-refractivity contribution >= 4 is 21.6 Å². The van der Waals surface area contributed by atoms with Crippen molar-refractivity contribution in [2.45, 2.75) is 17.2 Å². The van der Waals surface area contributed by atoms with Crippen molar-refractivity contribution in [3.63, 3.8) is 0 Å². The molecule has 0 aliphatic rings. The van der Waals surface area contributed by atoms with E-state index < -0.39 is 12.3 Å². The number of aliphatic hydroxyl groups is 1. The van der Waals surface area contributed by atoms with Crippen LogP contribution in [0.4, 0.5) is 13.2 Å². The first-order valence-electron chi connectivity index (χ1n) is 5.59. The summed E-state index contributed by atoms with van der Waals surface area (Å²) in [5, 5.41) is 9.08. The molecular weight excluding hydrogens is 295 g/mol. The van der Waals surface area contributed by atoms with E-state index in [1.807, 2.05) is 14.1 Å². The minimum atomic E-state index is -4.62. The number of aliphatic hydroxyl groups excluding tert-OH is 1. The molecule has 1 N–H and O–H groups in total. The Hall–Kier alpha value is -0.370. The van der Waals surface area contributed by atoms with Crippen LogP contribution in [-0.2, 0) is 0 Å². The molecule has 0 aliphatic carbocycles. The van der Waals surface area contributed by atoms with Gasteiger partial charge < -0.3 is 10.0 Å². The van der Waals surface area contributed by atoms with Crippen LogP contribution in [0.25, 0.3) is 0 Å². The van der Waals surface area contributed by atoms with Crippen LogP contribution in [0.5, 0.6) is 0 Å². The summed E-state index contributed by atoms with van der Waals surface area (Å²) >= 11 is 0. The zero-order valence-corrected chi connectivity index (χ0v) is 12.3. The monoisotopic (exact) mass is 311 g/mol. The van der Waals surface area contributed by atoms with Crippen LogP contribution in [0.3, 0.4) is 0 Å². The molecule has 0 amide bonds. The van der Waals surface area contributed by atoms with Crippen molar-refractivity contribution in [3.05, 3.63) is 29.8 Å². The number of hydrogen-bond acceptors (Lipinski definition) is 4. The molecule has 0 saturated carbocycles. The molecule has 0 aromatic heterocycles. The number of nitrogens with zero attached hydrogens (tertiary/aromatic N) is 1. The zero-order chi connectivity index (χ0) is 14.5. The highest BCUT2D eigenvalue weighted by Crippen LogP contribution is 2.35. The van der Waals surface area contributed by atoms with Gasteiger partial charge in [-0.25, -0.2) is 0 Å². The molecule has 0 bridgehead atoms. The number of hydrogen-bond donors (Lipinski definition) is 1. The third-order valence-corrected chi connectivity index (χ3v) is 4.65. The van der Waals surface area contributed by atoms with Crippen molar-refractivity contribution in [1.29, 1.82) is 0 Å². The predicted molar refractivity (Wildman–Crippen MR) is 74.3 cm³/mol. The number of rotatable bonds is 6. The summed E-state index contributed by atoms with van der Waals surface area (Å²) in [6, 6.07) is 5.81. The van der Waals surface area contributed by atoms with E-state index in [9.17, 15) is 13.2 Å². The number of benzene rings is 1. The van der Waals surface area contributed by atoms with Gasteiger partial charge in [0.05, 0.1) is 0 Å². The van der Waals surface area contributed by atoms with Gasteiger partial charge in [-0.05, 0) is 31.8 Å². The van der Waals surface area contributed by atoms with Crippen molar-refractivity contribution in [3.8, 4) is 0 Å². The fourth-order valence-corrected chi connectivity index (χ4v) is 3.35. The Bertz CT molecular complexity index is 382. The largest absolute Gasteiger partial charge is 0.418 e.